The molecule has 3 nitrogen and oxygen atoms in total. The van der Waals surface area contributed by atoms with E-state index in [9.17, 15) is 13.2 Å². The molecule has 1 heterocycles. The van der Waals surface area contributed by atoms with E-state index in [0.29, 0.717) is 12.3 Å². The number of halogens is 3. The quantitative estimate of drug-likeness (QED) is 0.793. The van der Waals surface area contributed by atoms with Crippen molar-refractivity contribution in [1.82, 2.24) is 9.78 Å². The predicted molar refractivity (Wildman–Crippen MR) is 51.6 cm³/mol. The number of hydrogen-bond donors (Lipinski definition) is 1. The summed E-state index contributed by atoms with van der Waals surface area (Å²) in [5.74, 6) is 0.166. The highest BCUT2D eigenvalue weighted by atomic mass is 32.2. The van der Waals surface area contributed by atoms with Crippen LogP contribution < -0.4 is 0 Å². The van der Waals surface area contributed by atoms with Crippen molar-refractivity contribution >= 4 is 11.8 Å². The van der Waals surface area contributed by atoms with Crippen molar-refractivity contribution in [3.8, 4) is 0 Å². The number of aromatic nitrogens is 2. The van der Waals surface area contributed by atoms with Crippen LogP contribution in [0.4, 0.5) is 13.2 Å². The molecule has 0 radical (unpaired) electrons. The molecular formula is C8H11F3N2OS. The van der Waals surface area contributed by atoms with Crippen LogP contribution in [0.25, 0.3) is 0 Å². The minimum atomic E-state index is -4.52. The summed E-state index contributed by atoms with van der Waals surface area (Å²) in [7, 11) is 0. The summed E-state index contributed by atoms with van der Waals surface area (Å²) in [4.78, 5) is 0. The molecule has 7 heteroatoms. The molecule has 0 bridgehead atoms. The van der Waals surface area contributed by atoms with Crippen LogP contribution in [-0.2, 0) is 6.54 Å². The van der Waals surface area contributed by atoms with E-state index in [1.54, 1.807) is 23.1 Å². The van der Waals surface area contributed by atoms with E-state index in [1.165, 1.54) is 0 Å². The molecule has 0 aliphatic carbocycles. The highest BCUT2D eigenvalue weighted by Crippen LogP contribution is 2.22. The van der Waals surface area contributed by atoms with Gasteiger partial charge in [-0.05, 0) is 6.07 Å². The summed E-state index contributed by atoms with van der Waals surface area (Å²) in [6.07, 6.45) is -3.41. The zero-order chi connectivity index (χ0) is 11.3. The number of hydrogen-bond acceptors (Lipinski definition) is 3. The molecule has 1 aromatic rings. The predicted octanol–water partition coefficient (Wildman–Crippen LogP) is 1.54. The van der Waals surface area contributed by atoms with Crippen LogP contribution in [0.3, 0.4) is 0 Å². The lowest BCUT2D eigenvalue weighted by atomic mass is 10.4. The molecular weight excluding hydrogens is 229 g/mol. The lowest BCUT2D eigenvalue weighted by Gasteiger charge is -2.13. The van der Waals surface area contributed by atoms with Crippen molar-refractivity contribution < 1.29 is 18.3 Å². The van der Waals surface area contributed by atoms with E-state index in [4.69, 9.17) is 5.11 Å². The number of aliphatic hydroxyl groups excluding tert-OH is 1. The molecule has 1 rings (SSSR count). The maximum atomic E-state index is 11.9. The van der Waals surface area contributed by atoms with Gasteiger partial charge in [0.1, 0.15) is 0 Å². The summed E-state index contributed by atoms with van der Waals surface area (Å²) < 4.78 is 37.2. The van der Waals surface area contributed by atoms with Gasteiger partial charge in [-0.15, -0.1) is 0 Å². The zero-order valence-corrected chi connectivity index (χ0v) is 8.63. The molecule has 0 saturated carbocycles. The molecule has 86 valence electrons. The minimum Gasteiger partial charge on any atom is -0.383 e. The van der Waals surface area contributed by atoms with Gasteiger partial charge in [-0.1, -0.05) is 0 Å². The SMILES string of the molecule is O[C@H](CSCCn1cccn1)C(F)(F)F. The van der Waals surface area contributed by atoms with Crippen LogP contribution in [-0.4, -0.2) is 38.7 Å². The van der Waals surface area contributed by atoms with Crippen molar-refractivity contribution in [2.75, 3.05) is 11.5 Å². The van der Waals surface area contributed by atoms with E-state index >= 15 is 0 Å². The molecule has 0 saturated heterocycles. The van der Waals surface area contributed by atoms with E-state index < -0.39 is 12.3 Å². The molecule has 1 atom stereocenters. The molecule has 0 amide bonds. The van der Waals surface area contributed by atoms with Gasteiger partial charge in [0, 0.05) is 30.4 Å². The number of alkyl halides is 3. The van der Waals surface area contributed by atoms with Crippen LogP contribution in [0.2, 0.25) is 0 Å². The monoisotopic (exact) mass is 240 g/mol. The molecule has 0 spiro atoms. The van der Waals surface area contributed by atoms with E-state index in [0.717, 1.165) is 11.8 Å². The van der Waals surface area contributed by atoms with Crippen LogP contribution in [0.15, 0.2) is 18.5 Å². The van der Waals surface area contributed by atoms with Crippen LogP contribution >= 0.6 is 11.8 Å². The van der Waals surface area contributed by atoms with Crippen molar-refractivity contribution in [2.24, 2.45) is 0 Å². The van der Waals surface area contributed by atoms with E-state index in [2.05, 4.69) is 5.10 Å². The van der Waals surface area contributed by atoms with Gasteiger partial charge >= 0.3 is 6.18 Å². The fraction of sp³-hybridized carbons (Fsp3) is 0.625. The Hall–Kier alpha value is -0.690. The second-order valence-electron chi connectivity index (χ2n) is 2.90. The summed E-state index contributed by atoms with van der Waals surface area (Å²) in [6, 6.07) is 1.75. The van der Waals surface area contributed by atoms with Gasteiger partial charge in [0.05, 0.1) is 0 Å². The van der Waals surface area contributed by atoms with Gasteiger partial charge in [0.2, 0.25) is 0 Å². The molecule has 1 aromatic heterocycles. The normalized spacial score (nSPS) is 14.1. The standard InChI is InChI=1S/C8H11F3N2OS/c9-8(10,11)7(14)6-15-5-4-13-3-1-2-12-13/h1-3,7,14H,4-6H2/t7-/m1/s1. The van der Waals surface area contributed by atoms with E-state index in [1.807, 2.05) is 0 Å². The molecule has 0 unspecified atom stereocenters. The zero-order valence-electron chi connectivity index (χ0n) is 7.81. The van der Waals surface area contributed by atoms with Crippen molar-refractivity contribution in [3.63, 3.8) is 0 Å². The fourth-order valence-corrected chi connectivity index (χ4v) is 1.78. The van der Waals surface area contributed by atoms with Crippen LogP contribution in [0, 0.1) is 0 Å². The van der Waals surface area contributed by atoms with Crippen molar-refractivity contribution in [2.45, 2.75) is 18.8 Å². The number of thioether (sulfide) groups is 1. The smallest absolute Gasteiger partial charge is 0.383 e. The van der Waals surface area contributed by atoms with Crippen LogP contribution in [0.5, 0.6) is 0 Å². The van der Waals surface area contributed by atoms with Gasteiger partial charge in [0.25, 0.3) is 0 Å². The Morgan fingerprint density at radius 2 is 2.20 bits per heavy atom. The highest BCUT2D eigenvalue weighted by molar-refractivity contribution is 7.99. The third-order valence-corrected chi connectivity index (χ3v) is 2.70. The summed E-state index contributed by atoms with van der Waals surface area (Å²) in [5, 5.41) is 12.6. The molecule has 0 fully saturated rings. The number of rotatable bonds is 5. The Balaban J connectivity index is 2.12. The van der Waals surface area contributed by atoms with Gasteiger partial charge in [-0.3, -0.25) is 4.68 Å². The topological polar surface area (TPSA) is 38.0 Å². The first-order chi connectivity index (χ1) is 7.00. The lowest BCUT2D eigenvalue weighted by Crippen LogP contribution is -2.30. The summed E-state index contributed by atoms with van der Waals surface area (Å²) >= 11 is 1.06. The van der Waals surface area contributed by atoms with Crippen LogP contribution in [0.1, 0.15) is 0 Å². The fourth-order valence-electron chi connectivity index (χ4n) is 0.880. The Labute approximate surface area is 89.3 Å². The van der Waals surface area contributed by atoms with Gasteiger partial charge in [-0.25, -0.2) is 0 Å². The number of aryl methyl sites for hydroxylation is 1. The highest BCUT2D eigenvalue weighted by Gasteiger charge is 2.37. The minimum absolute atomic E-state index is 0.329. The van der Waals surface area contributed by atoms with Gasteiger partial charge in [-0.2, -0.15) is 30.0 Å². The maximum Gasteiger partial charge on any atom is 0.415 e. The Bertz CT molecular complexity index is 276. The Morgan fingerprint density at radius 1 is 1.47 bits per heavy atom. The summed E-state index contributed by atoms with van der Waals surface area (Å²) in [6.45, 7) is 0.544. The molecule has 0 aromatic carbocycles. The van der Waals surface area contributed by atoms with Crippen molar-refractivity contribution in [1.29, 1.82) is 0 Å². The largest absolute Gasteiger partial charge is 0.415 e. The first-order valence-electron chi connectivity index (χ1n) is 4.30. The maximum absolute atomic E-state index is 11.9. The van der Waals surface area contributed by atoms with Crippen molar-refractivity contribution in [3.05, 3.63) is 18.5 Å². The van der Waals surface area contributed by atoms with Gasteiger partial charge < -0.3 is 5.11 Å². The second kappa shape index (κ2) is 5.41. The van der Waals surface area contributed by atoms with E-state index in [-0.39, 0.29) is 5.75 Å². The average Bonchev–Trinajstić information content (AvgIpc) is 2.63. The molecule has 0 aliphatic heterocycles. The third-order valence-electron chi connectivity index (χ3n) is 1.68. The Morgan fingerprint density at radius 3 is 2.73 bits per heavy atom. The Kier molecular flexibility index (Phi) is 4.46. The first-order valence-corrected chi connectivity index (χ1v) is 5.45. The third kappa shape index (κ3) is 4.57. The first kappa shape index (κ1) is 12.4. The second-order valence-corrected chi connectivity index (χ2v) is 4.05. The average molecular weight is 240 g/mol. The molecule has 1 N–H and O–H groups in total. The molecule has 0 aliphatic rings. The number of nitrogens with zero attached hydrogens (tertiary/aromatic N) is 2. The lowest BCUT2D eigenvalue weighted by molar-refractivity contribution is -0.195. The summed E-state index contributed by atoms with van der Waals surface area (Å²) in [5.41, 5.74) is 0. The van der Waals surface area contributed by atoms with Gasteiger partial charge in [0.15, 0.2) is 6.10 Å². The number of aliphatic hydroxyl groups is 1. The molecule has 15 heavy (non-hydrogen) atoms.